The molecule has 0 saturated carbocycles. The first-order chi connectivity index (χ1) is 26.4. The Balaban J connectivity index is 1.15. The third-order valence-electron chi connectivity index (χ3n) is 9.21. The van der Waals surface area contributed by atoms with Gasteiger partial charge in [0.15, 0.2) is 17.5 Å². The summed E-state index contributed by atoms with van der Waals surface area (Å²) < 4.78 is 44.1. The molecular weight excluding hydrogens is 615 g/mol. The Hall–Kier alpha value is -6.23. The zero-order valence-corrected chi connectivity index (χ0v) is 26.8. The predicted molar refractivity (Wildman–Crippen MR) is 207 cm³/mol. The molecule has 0 unspecified atom stereocenters. The van der Waals surface area contributed by atoms with Crippen LogP contribution in [-0.2, 0) is 0 Å². The van der Waals surface area contributed by atoms with Crippen LogP contribution in [-0.4, -0.2) is 15.0 Å². The van der Waals surface area contributed by atoms with Crippen molar-refractivity contribution in [3.05, 3.63) is 164 Å². The van der Waals surface area contributed by atoms with Gasteiger partial charge < -0.3 is 0 Å². The Labute approximate surface area is 293 Å². The summed E-state index contributed by atoms with van der Waals surface area (Å²) in [4.78, 5) is 14.4. The number of rotatable bonds is 4. The summed E-state index contributed by atoms with van der Waals surface area (Å²) in [5.41, 5.74) is 3.68. The summed E-state index contributed by atoms with van der Waals surface area (Å²) in [5.74, 6) is 0.726. The summed E-state index contributed by atoms with van der Waals surface area (Å²) in [6.45, 7) is 0. The minimum Gasteiger partial charge on any atom is -0.208 e. The van der Waals surface area contributed by atoms with Gasteiger partial charge in [-0.2, -0.15) is 0 Å². The third kappa shape index (κ3) is 4.61. The number of fused-ring (bicyclic) bond motifs is 9. The van der Waals surface area contributed by atoms with Gasteiger partial charge in [-0.25, -0.2) is 15.0 Å². The van der Waals surface area contributed by atoms with Gasteiger partial charge in [0.2, 0.25) is 0 Å². The summed E-state index contributed by atoms with van der Waals surface area (Å²) in [7, 11) is 0. The molecule has 3 nitrogen and oxygen atoms in total. The molecule has 10 rings (SSSR count). The standard InChI is InChI=1S/C45H27N3S/c1-3-12-28(13-4-1)43-46-44(29-14-5-2-6-15-29)48-45(47-43)39-21-11-20-38-37-25-23-31(27-41(37)49-42(38)39)30-22-24-36-34-18-8-7-16-32(34)33-17-9-10-19-35(33)40(36)26-30/h1-27H/i1D,3D,4D,12D,13D. The molecule has 0 atom stereocenters. The minimum absolute atomic E-state index is 0.0212. The van der Waals surface area contributed by atoms with Crippen LogP contribution >= 0.6 is 11.3 Å². The largest absolute Gasteiger partial charge is 0.208 e. The zero-order valence-electron chi connectivity index (χ0n) is 31.0. The van der Waals surface area contributed by atoms with Crippen LogP contribution in [0.3, 0.4) is 0 Å². The first-order valence-corrected chi connectivity index (χ1v) is 16.9. The van der Waals surface area contributed by atoms with Crippen molar-refractivity contribution in [2.75, 3.05) is 0 Å². The number of nitrogens with zero attached hydrogens (tertiary/aromatic N) is 3. The second-order valence-corrected chi connectivity index (χ2v) is 13.1. The number of aromatic nitrogens is 3. The maximum Gasteiger partial charge on any atom is 0.165 e. The smallest absolute Gasteiger partial charge is 0.165 e. The van der Waals surface area contributed by atoms with Crippen molar-refractivity contribution in [2.24, 2.45) is 0 Å². The minimum atomic E-state index is -0.466. The molecule has 0 fully saturated rings. The van der Waals surface area contributed by atoms with E-state index in [1.165, 1.54) is 32.3 Å². The molecule has 0 spiro atoms. The van der Waals surface area contributed by atoms with Crippen molar-refractivity contribution in [2.45, 2.75) is 0 Å². The molecule has 8 aromatic carbocycles. The Kier molecular flexibility index (Phi) is 5.29. The molecule has 4 heteroatoms. The van der Waals surface area contributed by atoms with Crippen molar-refractivity contribution in [1.82, 2.24) is 15.0 Å². The Morgan fingerprint density at radius 3 is 1.65 bits per heavy atom. The molecule has 2 aromatic heterocycles. The summed E-state index contributed by atoms with van der Waals surface area (Å²) in [6, 6.07) is 44.0. The van der Waals surface area contributed by atoms with Crippen molar-refractivity contribution >= 4 is 63.8 Å². The van der Waals surface area contributed by atoms with E-state index in [1.54, 1.807) is 11.3 Å². The van der Waals surface area contributed by atoms with E-state index in [2.05, 4.69) is 96.0 Å². The maximum absolute atomic E-state index is 8.67. The topological polar surface area (TPSA) is 38.7 Å². The molecular formula is C45H27N3S. The fraction of sp³-hybridized carbons (Fsp3) is 0. The van der Waals surface area contributed by atoms with Crippen molar-refractivity contribution in [3.63, 3.8) is 0 Å². The number of benzene rings is 8. The van der Waals surface area contributed by atoms with E-state index < -0.39 is 18.1 Å². The van der Waals surface area contributed by atoms with Crippen LogP contribution < -0.4 is 0 Å². The highest BCUT2D eigenvalue weighted by molar-refractivity contribution is 7.26. The molecule has 0 radical (unpaired) electrons. The first-order valence-electron chi connectivity index (χ1n) is 18.5. The van der Waals surface area contributed by atoms with Gasteiger partial charge in [-0.3, -0.25) is 0 Å². The predicted octanol–water partition coefficient (Wildman–Crippen LogP) is 12.4. The zero-order chi connectivity index (χ0) is 36.7. The molecule has 0 aliphatic carbocycles. The number of hydrogen-bond donors (Lipinski definition) is 0. The summed E-state index contributed by atoms with van der Waals surface area (Å²) in [6.07, 6.45) is 0. The van der Waals surface area contributed by atoms with Gasteiger partial charge in [0, 0.05) is 36.9 Å². The van der Waals surface area contributed by atoms with Crippen LogP contribution in [0.2, 0.25) is 0 Å². The fourth-order valence-electron chi connectivity index (χ4n) is 6.93. The lowest BCUT2D eigenvalue weighted by Crippen LogP contribution is -2.00. The molecule has 0 N–H and O–H groups in total. The van der Waals surface area contributed by atoms with E-state index in [-0.39, 0.29) is 23.5 Å². The molecule has 10 aromatic rings. The quantitative estimate of drug-likeness (QED) is 0.179. The van der Waals surface area contributed by atoms with Crippen molar-refractivity contribution in [3.8, 4) is 45.3 Å². The van der Waals surface area contributed by atoms with E-state index in [0.717, 1.165) is 42.4 Å². The second-order valence-electron chi connectivity index (χ2n) is 12.0. The molecule has 228 valence electrons. The third-order valence-corrected chi connectivity index (χ3v) is 10.4. The molecule has 0 amide bonds. The van der Waals surface area contributed by atoms with Crippen LogP contribution in [0.5, 0.6) is 0 Å². The van der Waals surface area contributed by atoms with Crippen LogP contribution in [0.25, 0.3) is 97.8 Å². The molecule has 0 saturated heterocycles. The summed E-state index contributed by atoms with van der Waals surface area (Å²) in [5, 5.41) is 9.60. The van der Waals surface area contributed by atoms with Gasteiger partial charge in [0.25, 0.3) is 0 Å². The van der Waals surface area contributed by atoms with Gasteiger partial charge >= 0.3 is 0 Å². The van der Waals surface area contributed by atoms with Gasteiger partial charge in [-0.1, -0.05) is 145 Å². The average molecular weight is 647 g/mol. The van der Waals surface area contributed by atoms with Gasteiger partial charge in [-0.15, -0.1) is 11.3 Å². The Morgan fingerprint density at radius 2 is 0.939 bits per heavy atom. The lowest BCUT2D eigenvalue weighted by molar-refractivity contribution is 1.08. The van der Waals surface area contributed by atoms with E-state index in [4.69, 9.17) is 16.8 Å². The van der Waals surface area contributed by atoms with Gasteiger partial charge in [0.1, 0.15) is 0 Å². The molecule has 49 heavy (non-hydrogen) atoms. The van der Waals surface area contributed by atoms with Crippen LogP contribution in [0.1, 0.15) is 6.85 Å². The van der Waals surface area contributed by atoms with Crippen LogP contribution in [0.4, 0.5) is 0 Å². The van der Waals surface area contributed by atoms with E-state index in [1.807, 2.05) is 42.5 Å². The molecule has 0 bridgehead atoms. The molecule has 2 heterocycles. The number of thiophene rings is 1. The fourth-order valence-corrected chi connectivity index (χ4v) is 8.18. The molecule has 0 aliphatic heterocycles. The second kappa shape index (κ2) is 11.2. The van der Waals surface area contributed by atoms with Crippen molar-refractivity contribution < 1.29 is 6.85 Å². The SMILES string of the molecule is [2H]c1c([2H])c([2H])c(-c2nc(-c3ccccc3)nc(-c3cccc4c3sc3cc(-c5ccc6c7ccccc7c7ccccc7c6c5)ccc34)n2)c([2H])c1[2H]. The maximum atomic E-state index is 8.67. The highest BCUT2D eigenvalue weighted by Gasteiger charge is 2.17. The van der Waals surface area contributed by atoms with Crippen LogP contribution in [0.15, 0.2) is 164 Å². The monoisotopic (exact) mass is 646 g/mol. The summed E-state index contributed by atoms with van der Waals surface area (Å²) >= 11 is 1.66. The molecule has 0 aliphatic rings. The van der Waals surface area contributed by atoms with Gasteiger partial charge in [-0.05, 0) is 61.6 Å². The van der Waals surface area contributed by atoms with E-state index in [9.17, 15) is 0 Å². The van der Waals surface area contributed by atoms with E-state index >= 15 is 0 Å². The lowest BCUT2D eigenvalue weighted by Gasteiger charge is -2.12. The normalized spacial score (nSPS) is 13.1. The van der Waals surface area contributed by atoms with Crippen LogP contribution in [0, 0.1) is 0 Å². The van der Waals surface area contributed by atoms with E-state index in [0.29, 0.717) is 11.6 Å². The number of hydrogen-bond acceptors (Lipinski definition) is 4. The first kappa shape index (κ1) is 23.2. The Morgan fingerprint density at radius 1 is 0.388 bits per heavy atom. The van der Waals surface area contributed by atoms with Gasteiger partial charge in [0.05, 0.1) is 6.85 Å². The Bertz CT molecular complexity index is 3120. The average Bonchev–Trinajstić information content (AvgIpc) is 3.61. The lowest BCUT2D eigenvalue weighted by atomic mass is 9.92. The highest BCUT2D eigenvalue weighted by Crippen LogP contribution is 2.42. The highest BCUT2D eigenvalue weighted by atomic mass is 32.1. The van der Waals surface area contributed by atoms with Crippen molar-refractivity contribution in [1.29, 1.82) is 0 Å².